The molecule has 7 heteroatoms. The molecular weight excluding hydrogens is 434 g/mol. The van der Waals surface area contributed by atoms with Crippen LogP contribution in [0.4, 0.5) is 0 Å². The molecule has 5 rings (SSSR count). The van der Waals surface area contributed by atoms with Gasteiger partial charge in [-0.15, -0.1) is 0 Å². The van der Waals surface area contributed by atoms with E-state index in [1.54, 1.807) is 31.3 Å². The van der Waals surface area contributed by atoms with Gasteiger partial charge in [0.25, 0.3) is 5.91 Å². The van der Waals surface area contributed by atoms with Crippen LogP contribution in [0, 0.1) is 6.92 Å². The van der Waals surface area contributed by atoms with E-state index in [2.05, 4.69) is 30.1 Å². The zero-order chi connectivity index (χ0) is 23.2. The second kappa shape index (κ2) is 8.61. The Morgan fingerprint density at radius 2 is 1.79 bits per heavy atom. The van der Waals surface area contributed by atoms with Crippen molar-refractivity contribution >= 4 is 26.8 Å². The van der Waals surface area contributed by atoms with Gasteiger partial charge in [-0.1, -0.05) is 30.9 Å². The van der Waals surface area contributed by atoms with Gasteiger partial charge in [-0.25, -0.2) is 8.42 Å². The smallest absolute Gasteiger partial charge is 0.254 e. The molecule has 1 fully saturated rings. The van der Waals surface area contributed by atoms with Gasteiger partial charge in [0.2, 0.25) is 10.0 Å². The number of rotatable bonds is 4. The van der Waals surface area contributed by atoms with Crippen molar-refractivity contribution in [3.05, 3.63) is 64.8 Å². The third kappa shape index (κ3) is 4.08. The second-order valence-corrected chi connectivity index (χ2v) is 11.4. The first kappa shape index (κ1) is 22.2. The van der Waals surface area contributed by atoms with E-state index < -0.39 is 10.0 Å². The number of aromatic amines is 1. The molecule has 2 heterocycles. The maximum absolute atomic E-state index is 13.2. The Morgan fingerprint density at radius 3 is 2.52 bits per heavy atom. The van der Waals surface area contributed by atoms with Crippen molar-refractivity contribution in [1.29, 1.82) is 0 Å². The van der Waals surface area contributed by atoms with E-state index in [9.17, 15) is 13.2 Å². The van der Waals surface area contributed by atoms with Crippen LogP contribution in [0.15, 0.2) is 47.4 Å². The standard InChI is InChI=1S/C26H31N3O3S/c1-18-8-13-24-22(16-18)23-17-29(15-14-25(23)27-24)26(30)19-9-11-21(12-10-19)33(31,32)28(2)20-6-4-3-5-7-20/h8-13,16,20,27H,3-7,14-15,17H2,1-2H3. The maximum atomic E-state index is 13.2. The average Bonchev–Trinajstić information content (AvgIpc) is 3.20. The SMILES string of the molecule is Cc1ccc2[nH]c3c(c2c1)CN(C(=O)c1ccc(S(=O)(=O)N(C)C2CCCCC2)cc1)CC3. The minimum Gasteiger partial charge on any atom is -0.358 e. The third-order valence-corrected chi connectivity index (χ3v) is 9.21. The normalized spacial score (nSPS) is 17.5. The lowest BCUT2D eigenvalue weighted by molar-refractivity contribution is 0.0735. The van der Waals surface area contributed by atoms with Crippen LogP contribution in [0.25, 0.3) is 10.9 Å². The molecular formula is C26H31N3O3S. The van der Waals surface area contributed by atoms with E-state index in [4.69, 9.17) is 0 Å². The maximum Gasteiger partial charge on any atom is 0.254 e. The first-order chi connectivity index (χ1) is 15.8. The topological polar surface area (TPSA) is 73.5 Å². The molecule has 174 valence electrons. The fourth-order valence-corrected chi connectivity index (χ4v) is 6.68. The Bertz CT molecular complexity index is 1290. The molecule has 33 heavy (non-hydrogen) atoms. The summed E-state index contributed by atoms with van der Waals surface area (Å²) in [6.07, 6.45) is 5.94. The van der Waals surface area contributed by atoms with E-state index in [0.29, 0.717) is 18.7 Å². The van der Waals surface area contributed by atoms with Gasteiger partial charge in [0.15, 0.2) is 0 Å². The van der Waals surface area contributed by atoms with Crippen molar-refractivity contribution in [2.24, 2.45) is 0 Å². The van der Waals surface area contributed by atoms with E-state index in [0.717, 1.165) is 37.6 Å². The molecule has 2 aliphatic rings. The van der Waals surface area contributed by atoms with Crippen molar-refractivity contribution in [3.8, 4) is 0 Å². The van der Waals surface area contributed by atoms with Crippen LogP contribution in [-0.4, -0.2) is 48.1 Å². The molecule has 0 spiro atoms. The number of sulfonamides is 1. The lowest BCUT2D eigenvalue weighted by Gasteiger charge is -2.30. The summed E-state index contributed by atoms with van der Waals surface area (Å²) in [6.45, 7) is 3.27. The predicted octanol–water partition coefficient (Wildman–Crippen LogP) is 4.63. The molecule has 1 aliphatic heterocycles. The quantitative estimate of drug-likeness (QED) is 0.611. The summed E-state index contributed by atoms with van der Waals surface area (Å²) in [6, 6.07) is 12.9. The molecule has 2 aromatic carbocycles. The van der Waals surface area contributed by atoms with E-state index in [-0.39, 0.29) is 16.8 Å². The van der Waals surface area contributed by atoms with Crippen molar-refractivity contribution in [3.63, 3.8) is 0 Å². The number of nitrogens with one attached hydrogen (secondary N) is 1. The van der Waals surface area contributed by atoms with Crippen LogP contribution in [0.1, 0.15) is 59.3 Å². The zero-order valence-electron chi connectivity index (χ0n) is 19.3. The Morgan fingerprint density at radius 1 is 1.06 bits per heavy atom. The molecule has 1 aliphatic carbocycles. The number of H-pyrrole nitrogens is 1. The number of hydrogen-bond acceptors (Lipinski definition) is 3. The van der Waals surface area contributed by atoms with Crippen molar-refractivity contribution < 1.29 is 13.2 Å². The van der Waals surface area contributed by atoms with Gasteiger partial charge < -0.3 is 9.88 Å². The van der Waals surface area contributed by atoms with Crippen LogP contribution in [0.2, 0.25) is 0 Å². The first-order valence-electron chi connectivity index (χ1n) is 11.8. The molecule has 0 bridgehead atoms. The highest BCUT2D eigenvalue weighted by Gasteiger charge is 2.30. The number of hydrogen-bond donors (Lipinski definition) is 1. The Balaban J connectivity index is 1.34. The Kier molecular flexibility index (Phi) is 5.79. The van der Waals surface area contributed by atoms with E-state index >= 15 is 0 Å². The predicted molar refractivity (Wildman–Crippen MR) is 130 cm³/mol. The van der Waals surface area contributed by atoms with Crippen LogP contribution in [-0.2, 0) is 23.0 Å². The molecule has 0 saturated heterocycles. The minimum atomic E-state index is -3.56. The monoisotopic (exact) mass is 465 g/mol. The summed E-state index contributed by atoms with van der Waals surface area (Å²) < 4.78 is 27.7. The van der Waals surface area contributed by atoms with Crippen molar-refractivity contribution in [2.45, 2.75) is 62.9 Å². The Hall–Kier alpha value is -2.64. The van der Waals surface area contributed by atoms with Gasteiger partial charge in [0.05, 0.1) is 4.90 Å². The van der Waals surface area contributed by atoms with Gasteiger partial charge >= 0.3 is 0 Å². The van der Waals surface area contributed by atoms with Crippen LogP contribution in [0.3, 0.4) is 0 Å². The third-order valence-electron chi connectivity index (χ3n) is 7.29. The molecule has 0 radical (unpaired) electrons. The summed E-state index contributed by atoms with van der Waals surface area (Å²) in [7, 11) is -1.88. The number of benzene rings is 2. The fraction of sp³-hybridized carbons (Fsp3) is 0.423. The fourth-order valence-electron chi connectivity index (χ4n) is 5.26. The molecule has 1 aromatic heterocycles. The van der Waals surface area contributed by atoms with Crippen molar-refractivity contribution in [2.75, 3.05) is 13.6 Å². The summed E-state index contributed by atoms with van der Waals surface area (Å²) in [4.78, 5) is 18.8. The average molecular weight is 466 g/mol. The van der Waals surface area contributed by atoms with Gasteiger partial charge in [0, 0.05) is 60.3 Å². The minimum absolute atomic E-state index is 0.0624. The largest absolute Gasteiger partial charge is 0.358 e. The zero-order valence-corrected chi connectivity index (χ0v) is 20.1. The molecule has 1 saturated carbocycles. The molecule has 3 aromatic rings. The number of carbonyl (C=O) groups is 1. The van der Waals surface area contributed by atoms with Crippen molar-refractivity contribution in [1.82, 2.24) is 14.2 Å². The highest BCUT2D eigenvalue weighted by molar-refractivity contribution is 7.89. The molecule has 1 N–H and O–H groups in total. The second-order valence-electron chi connectivity index (χ2n) is 9.45. The van der Waals surface area contributed by atoms with Crippen LogP contribution < -0.4 is 0 Å². The lowest BCUT2D eigenvalue weighted by Crippen LogP contribution is -2.38. The summed E-state index contributed by atoms with van der Waals surface area (Å²) in [5.41, 5.74) is 5.21. The first-order valence-corrected chi connectivity index (χ1v) is 13.3. The highest BCUT2D eigenvalue weighted by Crippen LogP contribution is 2.30. The summed E-state index contributed by atoms with van der Waals surface area (Å²) >= 11 is 0. The van der Waals surface area contributed by atoms with Gasteiger partial charge in [-0.05, 0) is 56.2 Å². The van der Waals surface area contributed by atoms with Crippen LogP contribution in [0.5, 0.6) is 0 Å². The number of amides is 1. The Labute approximate surface area is 195 Å². The van der Waals surface area contributed by atoms with Gasteiger partial charge in [-0.3, -0.25) is 4.79 Å². The summed E-state index contributed by atoms with van der Waals surface area (Å²) in [5.74, 6) is -0.0627. The number of fused-ring (bicyclic) bond motifs is 3. The van der Waals surface area contributed by atoms with Gasteiger partial charge in [0.1, 0.15) is 0 Å². The van der Waals surface area contributed by atoms with E-state index in [1.165, 1.54) is 32.9 Å². The number of nitrogens with zero attached hydrogens (tertiary/aromatic N) is 2. The number of aromatic nitrogens is 1. The molecule has 0 atom stereocenters. The van der Waals surface area contributed by atoms with E-state index in [1.807, 2.05) is 4.90 Å². The molecule has 1 amide bonds. The summed E-state index contributed by atoms with van der Waals surface area (Å²) in [5, 5.41) is 1.18. The molecule has 0 unspecified atom stereocenters. The number of carbonyl (C=O) groups excluding carboxylic acids is 1. The van der Waals surface area contributed by atoms with Crippen LogP contribution >= 0.6 is 0 Å². The lowest BCUT2D eigenvalue weighted by atomic mass is 9.96. The highest BCUT2D eigenvalue weighted by atomic mass is 32.2. The molecule has 6 nitrogen and oxygen atoms in total. The van der Waals surface area contributed by atoms with Gasteiger partial charge in [-0.2, -0.15) is 4.31 Å². The number of aryl methyl sites for hydroxylation is 1.